The maximum atomic E-state index is 11.5. The van der Waals surface area contributed by atoms with Gasteiger partial charge < -0.3 is 14.6 Å². The van der Waals surface area contributed by atoms with Gasteiger partial charge in [0.05, 0.1) is 7.11 Å². The van der Waals surface area contributed by atoms with Gasteiger partial charge in [-0.3, -0.25) is 4.79 Å². The van der Waals surface area contributed by atoms with E-state index in [9.17, 15) is 4.79 Å². The van der Waals surface area contributed by atoms with E-state index in [-0.39, 0.29) is 12.5 Å². The summed E-state index contributed by atoms with van der Waals surface area (Å²) >= 11 is 0. The minimum absolute atomic E-state index is 0.211. The van der Waals surface area contributed by atoms with E-state index in [1.165, 1.54) is 18.1 Å². The summed E-state index contributed by atoms with van der Waals surface area (Å²) in [5.74, 6) is 0.334. The number of benzene rings is 1. The molecule has 0 spiro atoms. The van der Waals surface area contributed by atoms with Gasteiger partial charge in [-0.2, -0.15) is 0 Å². The van der Waals surface area contributed by atoms with Crippen LogP contribution >= 0.6 is 0 Å². The van der Waals surface area contributed by atoms with E-state index in [0.717, 1.165) is 25.0 Å². The summed E-state index contributed by atoms with van der Waals surface area (Å²) in [6.07, 6.45) is 3.27. The fourth-order valence-corrected chi connectivity index (χ4v) is 2.86. The molecule has 0 saturated carbocycles. The highest BCUT2D eigenvalue weighted by atomic mass is 16.5. The fraction of sp³-hybridized carbons (Fsp3) is 0.400. The van der Waals surface area contributed by atoms with Gasteiger partial charge in [-0.05, 0) is 30.5 Å². The van der Waals surface area contributed by atoms with Crippen LogP contribution in [0.2, 0.25) is 0 Å². The lowest BCUT2D eigenvalue weighted by Gasteiger charge is -2.05. The Hall–Kier alpha value is -1.81. The highest BCUT2D eigenvalue weighted by Gasteiger charge is 2.21. The molecule has 0 radical (unpaired) electrons. The van der Waals surface area contributed by atoms with E-state index < -0.39 is 0 Å². The van der Waals surface area contributed by atoms with Crippen molar-refractivity contribution in [3.8, 4) is 0 Å². The van der Waals surface area contributed by atoms with E-state index in [0.29, 0.717) is 5.92 Å². The molecule has 1 aliphatic rings. The monoisotopic (exact) mass is 258 g/mol. The summed E-state index contributed by atoms with van der Waals surface area (Å²) in [7, 11) is 1.43. The second-order valence-corrected chi connectivity index (χ2v) is 5.00. The van der Waals surface area contributed by atoms with Crippen molar-refractivity contribution in [2.24, 2.45) is 0 Å². The molecule has 0 aliphatic carbocycles. The molecule has 19 heavy (non-hydrogen) atoms. The van der Waals surface area contributed by atoms with Gasteiger partial charge in [0.25, 0.3) is 0 Å². The summed E-state index contributed by atoms with van der Waals surface area (Å²) < 4.78 is 6.76. The van der Waals surface area contributed by atoms with Crippen LogP contribution in [-0.2, 0) is 16.1 Å². The van der Waals surface area contributed by atoms with Gasteiger partial charge in [-0.25, -0.2) is 0 Å². The normalized spacial score (nSPS) is 18.9. The molecule has 3 rings (SSSR count). The Labute approximate surface area is 112 Å². The van der Waals surface area contributed by atoms with Gasteiger partial charge in [0.2, 0.25) is 0 Å². The van der Waals surface area contributed by atoms with Crippen molar-refractivity contribution in [1.29, 1.82) is 0 Å². The number of ether oxygens (including phenoxy) is 1. The molecule has 0 amide bonds. The summed E-state index contributed by atoms with van der Waals surface area (Å²) in [4.78, 5) is 11.5. The second-order valence-electron chi connectivity index (χ2n) is 5.00. The third kappa shape index (κ3) is 2.24. The zero-order chi connectivity index (χ0) is 13.2. The van der Waals surface area contributed by atoms with Crippen molar-refractivity contribution >= 4 is 16.9 Å². The lowest BCUT2D eigenvalue weighted by molar-refractivity contribution is -0.141. The first-order valence-corrected chi connectivity index (χ1v) is 6.65. The standard InChI is InChI=1S/C15H18N2O2/c1-19-15(18)10-17-9-13(11-6-7-16-8-11)12-4-2-3-5-14(12)17/h2-5,9,11,16H,6-8,10H2,1H3. The van der Waals surface area contributed by atoms with Crippen LogP contribution in [0.4, 0.5) is 0 Å². The summed E-state index contributed by atoms with van der Waals surface area (Å²) in [5, 5.41) is 4.65. The molecule has 1 aliphatic heterocycles. The number of rotatable bonds is 3. The minimum atomic E-state index is -0.211. The third-order valence-electron chi connectivity index (χ3n) is 3.85. The number of fused-ring (bicyclic) bond motifs is 1. The molecular formula is C15H18N2O2. The lowest BCUT2D eigenvalue weighted by atomic mass is 9.98. The number of hydrogen-bond donors (Lipinski definition) is 1. The van der Waals surface area contributed by atoms with Gasteiger partial charge in [0, 0.05) is 23.6 Å². The number of methoxy groups -OCH3 is 1. The maximum Gasteiger partial charge on any atom is 0.325 e. The second kappa shape index (κ2) is 5.05. The molecule has 1 aromatic heterocycles. The van der Waals surface area contributed by atoms with Crippen molar-refractivity contribution in [2.75, 3.05) is 20.2 Å². The number of aromatic nitrogens is 1. The predicted molar refractivity (Wildman–Crippen MR) is 74.2 cm³/mol. The Bertz CT molecular complexity index is 597. The molecule has 1 N–H and O–H groups in total. The smallest absolute Gasteiger partial charge is 0.325 e. The first-order chi connectivity index (χ1) is 9.29. The zero-order valence-corrected chi connectivity index (χ0v) is 11.1. The van der Waals surface area contributed by atoms with Crippen molar-refractivity contribution < 1.29 is 9.53 Å². The third-order valence-corrected chi connectivity index (χ3v) is 3.85. The number of nitrogens with zero attached hydrogens (tertiary/aromatic N) is 1. The Balaban J connectivity index is 2.04. The van der Waals surface area contributed by atoms with Gasteiger partial charge >= 0.3 is 5.97 Å². The number of nitrogens with one attached hydrogen (secondary N) is 1. The van der Waals surface area contributed by atoms with Crippen LogP contribution in [0.15, 0.2) is 30.5 Å². The number of esters is 1. The van der Waals surface area contributed by atoms with Gasteiger partial charge in [-0.15, -0.1) is 0 Å². The molecule has 1 unspecified atom stereocenters. The summed E-state index contributed by atoms with van der Waals surface area (Å²) in [6, 6.07) is 8.25. The van der Waals surface area contributed by atoms with Crippen LogP contribution < -0.4 is 5.32 Å². The van der Waals surface area contributed by atoms with E-state index >= 15 is 0 Å². The van der Waals surface area contributed by atoms with E-state index in [2.05, 4.69) is 29.7 Å². The topological polar surface area (TPSA) is 43.3 Å². The molecule has 1 fully saturated rings. The van der Waals surface area contributed by atoms with Crippen LogP contribution in [0, 0.1) is 0 Å². The largest absolute Gasteiger partial charge is 0.468 e. The highest BCUT2D eigenvalue weighted by molar-refractivity contribution is 5.86. The number of para-hydroxylation sites is 1. The van der Waals surface area contributed by atoms with Gasteiger partial charge in [0.1, 0.15) is 6.54 Å². The van der Waals surface area contributed by atoms with Crippen molar-refractivity contribution in [2.45, 2.75) is 18.9 Å². The van der Waals surface area contributed by atoms with E-state index in [1.54, 1.807) is 0 Å². The molecule has 4 heteroatoms. The van der Waals surface area contributed by atoms with Crippen molar-refractivity contribution in [3.63, 3.8) is 0 Å². The number of carbonyl (C=O) groups is 1. The highest BCUT2D eigenvalue weighted by Crippen LogP contribution is 2.31. The summed E-state index contributed by atoms with van der Waals surface area (Å²) in [5.41, 5.74) is 2.44. The summed E-state index contributed by atoms with van der Waals surface area (Å²) in [6.45, 7) is 2.37. The Morgan fingerprint density at radius 3 is 3.05 bits per heavy atom. The van der Waals surface area contributed by atoms with E-state index in [1.807, 2.05) is 10.6 Å². The molecule has 100 valence electrons. The molecular weight excluding hydrogens is 240 g/mol. The first kappa shape index (κ1) is 12.2. The first-order valence-electron chi connectivity index (χ1n) is 6.65. The van der Waals surface area contributed by atoms with E-state index in [4.69, 9.17) is 4.74 Å². The Kier molecular flexibility index (Phi) is 3.25. The Morgan fingerprint density at radius 2 is 2.32 bits per heavy atom. The lowest BCUT2D eigenvalue weighted by Crippen LogP contribution is -2.10. The molecule has 1 atom stereocenters. The quantitative estimate of drug-likeness (QED) is 0.855. The average Bonchev–Trinajstić information content (AvgIpc) is 3.07. The van der Waals surface area contributed by atoms with Crippen LogP contribution in [-0.4, -0.2) is 30.7 Å². The number of hydrogen-bond acceptors (Lipinski definition) is 3. The molecule has 2 aromatic rings. The van der Waals surface area contributed by atoms with Crippen LogP contribution in [0.1, 0.15) is 17.9 Å². The molecule has 1 aromatic carbocycles. The van der Waals surface area contributed by atoms with Crippen LogP contribution in [0.3, 0.4) is 0 Å². The molecule has 4 nitrogen and oxygen atoms in total. The van der Waals surface area contributed by atoms with Crippen molar-refractivity contribution in [3.05, 3.63) is 36.0 Å². The predicted octanol–water partition coefficient (Wildman–Crippen LogP) is 1.89. The van der Waals surface area contributed by atoms with Gasteiger partial charge in [0.15, 0.2) is 0 Å². The Morgan fingerprint density at radius 1 is 1.47 bits per heavy atom. The average molecular weight is 258 g/mol. The molecule has 1 saturated heterocycles. The molecule has 2 heterocycles. The number of carbonyl (C=O) groups excluding carboxylic acids is 1. The SMILES string of the molecule is COC(=O)Cn1cc(C2CCNC2)c2ccccc21. The van der Waals surface area contributed by atoms with Crippen molar-refractivity contribution in [1.82, 2.24) is 9.88 Å². The maximum absolute atomic E-state index is 11.5. The van der Waals surface area contributed by atoms with Crippen LogP contribution in [0.25, 0.3) is 10.9 Å². The minimum Gasteiger partial charge on any atom is -0.468 e. The molecule has 0 bridgehead atoms. The fourth-order valence-electron chi connectivity index (χ4n) is 2.86. The zero-order valence-electron chi connectivity index (χ0n) is 11.1. The van der Waals surface area contributed by atoms with Crippen LogP contribution in [0.5, 0.6) is 0 Å². The van der Waals surface area contributed by atoms with Gasteiger partial charge in [-0.1, -0.05) is 18.2 Å².